The first-order valence-corrected chi connectivity index (χ1v) is 7.38. The zero-order chi connectivity index (χ0) is 13.1. The average molecular weight is 298 g/mol. The second-order valence-electron chi connectivity index (χ2n) is 3.21. The highest BCUT2D eigenvalue weighted by molar-refractivity contribution is 7.91. The summed E-state index contributed by atoms with van der Waals surface area (Å²) in [5.74, 6) is -0.670. The summed E-state index contributed by atoms with van der Waals surface area (Å²) in [5, 5.41) is -1.03. The first-order chi connectivity index (χ1) is 7.86. The summed E-state index contributed by atoms with van der Waals surface area (Å²) >= 11 is 6.78. The van der Waals surface area contributed by atoms with Crippen molar-refractivity contribution in [1.29, 1.82) is 0 Å². The number of alkyl halides is 1. The predicted octanol–water partition coefficient (Wildman–Crippen LogP) is 1.12. The van der Waals surface area contributed by atoms with Gasteiger partial charge in [-0.15, -0.1) is 22.9 Å². The minimum atomic E-state index is -3.60. The minimum absolute atomic E-state index is 0.198. The summed E-state index contributed by atoms with van der Waals surface area (Å²) in [4.78, 5) is 11.9. The number of halogens is 1. The Bertz CT molecular complexity index is 497. The Hall–Kier alpha value is -0.630. The molecule has 8 heteroatoms. The number of carbonyl (C=O) groups excluding carboxylic acids is 1. The summed E-state index contributed by atoms with van der Waals surface area (Å²) in [6, 6.07) is 3.21. The first-order valence-electron chi connectivity index (χ1n) is 4.65. The normalized spacial score (nSPS) is 13.4. The fourth-order valence-electron chi connectivity index (χ4n) is 1.02. The lowest BCUT2D eigenvalue weighted by Crippen LogP contribution is -2.33. The Morgan fingerprint density at radius 2 is 2.24 bits per heavy atom. The minimum Gasteiger partial charge on any atom is -0.468 e. The molecule has 1 rings (SSSR count). The van der Waals surface area contributed by atoms with Gasteiger partial charge in [0, 0.05) is 11.4 Å². The van der Waals surface area contributed by atoms with Gasteiger partial charge >= 0.3 is 5.97 Å². The highest BCUT2D eigenvalue weighted by Crippen LogP contribution is 2.20. The van der Waals surface area contributed by atoms with Crippen molar-refractivity contribution >= 4 is 38.9 Å². The molecule has 0 radical (unpaired) electrons. The summed E-state index contributed by atoms with van der Waals surface area (Å²) in [7, 11) is -2.41. The highest BCUT2D eigenvalue weighted by atomic mass is 35.5. The van der Waals surface area contributed by atoms with Crippen molar-refractivity contribution in [2.45, 2.75) is 16.5 Å². The molecule has 0 saturated carbocycles. The highest BCUT2D eigenvalue weighted by Gasteiger charge is 2.21. The molecule has 0 saturated heterocycles. The topological polar surface area (TPSA) is 72.5 Å². The predicted molar refractivity (Wildman–Crippen MR) is 65.9 cm³/mol. The van der Waals surface area contributed by atoms with Crippen LogP contribution in [0.1, 0.15) is 4.88 Å². The number of carbonyl (C=O) groups is 1. The van der Waals surface area contributed by atoms with Crippen molar-refractivity contribution in [2.75, 3.05) is 13.7 Å². The third kappa shape index (κ3) is 3.95. The monoisotopic (exact) mass is 297 g/mol. The van der Waals surface area contributed by atoms with Gasteiger partial charge < -0.3 is 4.74 Å². The van der Waals surface area contributed by atoms with Gasteiger partial charge in [-0.2, -0.15) is 0 Å². The zero-order valence-electron chi connectivity index (χ0n) is 9.27. The van der Waals surface area contributed by atoms with Gasteiger partial charge in [0.15, 0.2) is 0 Å². The molecule has 5 nitrogen and oxygen atoms in total. The van der Waals surface area contributed by atoms with Crippen molar-refractivity contribution in [3.8, 4) is 0 Å². The van der Waals surface area contributed by atoms with E-state index >= 15 is 0 Å². The molecule has 0 bridgehead atoms. The molecule has 0 spiro atoms. The fraction of sp³-hybridized carbons (Fsp3) is 0.444. The summed E-state index contributed by atoms with van der Waals surface area (Å²) in [5.41, 5.74) is 0. The summed E-state index contributed by atoms with van der Waals surface area (Å²) < 4.78 is 30.3. The van der Waals surface area contributed by atoms with Crippen molar-refractivity contribution in [2.24, 2.45) is 0 Å². The Labute approximate surface area is 109 Å². The number of nitrogens with one attached hydrogen (secondary N) is 1. The van der Waals surface area contributed by atoms with Crippen LogP contribution in [-0.2, 0) is 19.6 Å². The first kappa shape index (κ1) is 14.4. The Morgan fingerprint density at radius 1 is 1.59 bits per heavy atom. The van der Waals surface area contributed by atoms with Crippen LogP contribution in [0.3, 0.4) is 0 Å². The molecule has 0 aromatic carbocycles. The largest absolute Gasteiger partial charge is 0.468 e. The van der Waals surface area contributed by atoms with Crippen molar-refractivity contribution in [1.82, 2.24) is 4.72 Å². The number of ether oxygens (including phenoxy) is 1. The van der Waals surface area contributed by atoms with E-state index in [1.807, 2.05) is 6.92 Å². The number of rotatable bonds is 5. The van der Waals surface area contributed by atoms with Gasteiger partial charge in [-0.25, -0.2) is 13.1 Å². The third-order valence-corrected chi connectivity index (χ3v) is 5.14. The number of hydrogen-bond acceptors (Lipinski definition) is 5. The SMILES string of the molecule is COC(=O)C(Cl)CNS(=O)(=O)c1ccc(C)s1. The second kappa shape index (κ2) is 5.81. The summed E-state index contributed by atoms with van der Waals surface area (Å²) in [6.07, 6.45) is 0. The molecule has 0 aliphatic carbocycles. The lowest BCUT2D eigenvalue weighted by molar-refractivity contribution is -0.140. The van der Waals surface area contributed by atoms with E-state index in [2.05, 4.69) is 9.46 Å². The quantitative estimate of drug-likeness (QED) is 0.653. The lowest BCUT2D eigenvalue weighted by Gasteiger charge is -2.08. The fourth-order valence-corrected chi connectivity index (χ4v) is 3.65. The molecule has 1 unspecified atom stereocenters. The van der Waals surface area contributed by atoms with E-state index in [1.165, 1.54) is 13.2 Å². The van der Waals surface area contributed by atoms with Crippen molar-refractivity contribution in [3.63, 3.8) is 0 Å². The number of methoxy groups -OCH3 is 1. The van der Waals surface area contributed by atoms with Crippen LogP contribution in [-0.4, -0.2) is 33.4 Å². The Balaban J connectivity index is 2.66. The summed E-state index contributed by atoms with van der Waals surface area (Å²) in [6.45, 7) is 1.61. The van der Waals surface area contributed by atoms with Crippen LogP contribution in [0.4, 0.5) is 0 Å². The van der Waals surface area contributed by atoms with E-state index < -0.39 is 21.4 Å². The molecule has 0 aliphatic heterocycles. The van der Waals surface area contributed by atoms with Gasteiger partial charge in [-0.05, 0) is 19.1 Å². The number of thiophene rings is 1. The van der Waals surface area contributed by atoms with E-state index in [9.17, 15) is 13.2 Å². The average Bonchev–Trinajstić information content (AvgIpc) is 2.72. The molecule has 0 aliphatic rings. The van der Waals surface area contributed by atoms with E-state index in [0.29, 0.717) is 0 Å². The molecular formula is C9H12ClNO4S2. The van der Waals surface area contributed by atoms with Crippen LogP contribution in [0, 0.1) is 6.92 Å². The van der Waals surface area contributed by atoms with Crippen molar-refractivity contribution < 1.29 is 17.9 Å². The van der Waals surface area contributed by atoms with Crippen LogP contribution < -0.4 is 4.72 Å². The van der Waals surface area contributed by atoms with Crippen LogP contribution in [0.25, 0.3) is 0 Å². The molecule has 1 atom stereocenters. The Kier molecular flexibility index (Phi) is 4.93. The molecule has 1 aromatic rings. The van der Waals surface area contributed by atoms with Gasteiger partial charge in [-0.1, -0.05) is 0 Å². The molecular weight excluding hydrogens is 286 g/mol. The maximum absolute atomic E-state index is 11.7. The van der Waals surface area contributed by atoms with Gasteiger partial charge in [-0.3, -0.25) is 4.79 Å². The zero-order valence-corrected chi connectivity index (χ0v) is 11.7. The number of aryl methyl sites for hydroxylation is 1. The van der Waals surface area contributed by atoms with Gasteiger partial charge in [0.05, 0.1) is 7.11 Å². The van der Waals surface area contributed by atoms with Gasteiger partial charge in [0.2, 0.25) is 10.0 Å². The van der Waals surface area contributed by atoms with Crippen LogP contribution in [0.15, 0.2) is 16.3 Å². The van der Waals surface area contributed by atoms with Crippen LogP contribution >= 0.6 is 22.9 Å². The van der Waals surface area contributed by atoms with Crippen LogP contribution in [0.2, 0.25) is 0 Å². The third-order valence-electron chi connectivity index (χ3n) is 1.89. The molecule has 96 valence electrons. The molecule has 1 aromatic heterocycles. The lowest BCUT2D eigenvalue weighted by atomic mass is 10.4. The number of sulfonamides is 1. The van der Waals surface area contributed by atoms with E-state index in [1.54, 1.807) is 6.07 Å². The van der Waals surface area contributed by atoms with E-state index in [0.717, 1.165) is 16.2 Å². The second-order valence-corrected chi connectivity index (χ2v) is 7.02. The van der Waals surface area contributed by atoms with E-state index in [-0.39, 0.29) is 10.8 Å². The number of hydrogen-bond donors (Lipinski definition) is 1. The molecule has 1 N–H and O–H groups in total. The molecule has 0 fully saturated rings. The molecule has 1 heterocycles. The molecule has 17 heavy (non-hydrogen) atoms. The van der Waals surface area contributed by atoms with E-state index in [4.69, 9.17) is 11.6 Å². The van der Waals surface area contributed by atoms with Gasteiger partial charge in [0.1, 0.15) is 9.59 Å². The smallest absolute Gasteiger partial charge is 0.325 e. The van der Waals surface area contributed by atoms with Gasteiger partial charge in [0.25, 0.3) is 0 Å². The molecule has 0 amide bonds. The standard InChI is InChI=1S/C9H12ClNO4S2/c1-6-3-4-8(16-6)17(13,14)11-5-7(10)9(12)15-2/h3-4,7,11H,5H2,1-2H3. The maximum atomic E-state index is 11.7. The Morgan fingerprint density at radius 3 is 2.71 bits per heavy atom. The van der Waals surface area contributed by atoms with Crippen molar-refractivity contribution in [3.05, 3.63) is 17.0 Å². The van der Waals surface area contributed by atoms with Crippen LogP contribution in [0.5, 0.6) is 0 Å². The maximum Gasteiger partial charge on any atom is 0.325 e. The number of esters is 1.